The van der Waals surface area contributed by atoms with Gasteiger partial charge in [-0.15, -0.1) is 0 Å². The Labute approximate surface area is 86.1 Å². The third-order valence-electron chi connectivity index (χ3n) is 2.22. The lowest BCUT2D eigenvalue weighted by Gasteiger charge is -1.98. The second kappa shape index (κ2) is 4.00. The van der Waals surface area contributed by atoms with E-state index < -0.39 is 5.97 Å². The predicted octanol–water partition coefficient (Wildman–Crippen LogP) is 1.42. The fourth-order valence-corrected chi connectivity index (χ4v) is 1.48. The number of carboxylic acid groups (broad SMARTS) is 1. The van der Waals surface area contributed by atoms with Crippen LogP contribution in [-0.2, 0) is 11.2 Å². The smallest absolute Gasteiger partial charge is 0.303 e. The number of carbonyl (C=O) groups is 1. The molecule has 2 aromatic rings. The monoisotopic (exact) mass is 205 g/mol. The van der Waals surface area contributed by atoms with Crippen LogP contribution in [0.15, 0.2) is 24.7 Å². The highest BCUT2D eigenvalue weighted by molar-refractivity contribution is 5.69. The summed E-state index contributed by atoms with van der Waals surface area (Å²) >= 11 is 0. The second-order valence-electron chi connectivity index (χ2n) is 3.26. The van der Waals surface area contributed by atoms with Crippen LogP contribution < -0.4 is 0 Å². The first-order valence-corrected chi connectivity index (χ1v) is 4.64. The van der Waals surface area contributed by atoms with E-state index in [-0.39, 0.29) is 6.42 Å². The Kier molecular flexibility index (Phi) is 2.53. The van der Waals surface area contributed by atoms with E-state index in [0.29, 0.717) is 6.42 Å². The van der Waals surface area contributed by atoms with E-state index in [4.69, 9.17) is 5.11 Å². The van der Waals surface area contributed by atoms with Crippen LogP contribution in [0.25, 0.3) is 11.1 Å². The van der Waals surface area contributed by atoms with Crippen molar-refractivity contribution in [3.05, 3.63) is 30.4 Å². The van der Waals surface area contributed by atoms with Crippen LogP contribution in [0, 0.1) is 0 Å². The number of hydrogen-bond donors (Lipinski definition) is 3. The zero-order valence-corrected chi connectivity index (χ0v) is 8.03. The summed E-state index contributed by atoms with van der Waals surface area (Å²) in [5, 5.41) is 15.3. The molecule has 2 aromatic heterocycles. The van der Waals surface area contributed by atoms with Gasteiger partial charge in [-0.05, 0) is 6.07 Å². The number of aryl methyl sites for hydroxylation is 1. The predicted molar refractivity (Wildman–Crippen MR) is 54.3 cm³/mol. The van der Waals surface area contributed by atoms with Gasteiger partial charge in [0.15, 0.2) is 0 Å². The Hall–Kier alpha value is -2.04. The van der Waals surface area contributed by atoms with Gasteiger partial charge in [0.2, 0.25) is 0 Å². The molecule has 15 heavy (non-hydrogen) atoms. The van der Waals surface area contributed by atoms with Gasteiger partial charge in [-0.25, -0.2) is 0 Å². The number of H-pyrrole nitrogens is 2. The van der Waals surface area contributed by atoms with Crippen molar-refractivity contribution in [1.82, 2.24) is 15.2 Å². The van der Waals surface area contributed by atoms with Gasteiger partial charge in [-0.2, -0.15) is 5.10 Å². The Bertz CT molecular complexity index is 445. The Morgan fingerprint density at radius 1 is 1.53 bits per heavy atom. The summed E-state index contributed by atoms with van der Waals surface area (Å²) in [6, 6.07) is 1.93. The summed E-state index contributed by atoms with van der Waals surface area (Å²) in [6.45, 7) is 0. The minimum atomic E-state index is -0.801. The number of rotatable bonds is 4. The molecule has 0 spiro atoms. The van der Waals surface area contributed by atoms with Crippen LogP contribution in [0.5, 0.6) is 0 Å². The molecule has 0 bridgehead atoms. The van der Waals surface area contributed by atoms with Crippen molar-refractivity contribution in [3.8, 4) is 11.1 Å². The molecule has 0 saturated carbocycles. The summed E-state index contributed by atoms with van der Waals surface area (Å²) in [5.41, 5.74) is 2.83. The topological polar surface area (TPSA) is 81.8 Å². The van der Waals surface area contributed by atoms with Crippen molar-refractivity contribution in [3.63, 3.8) is 0 Å². The molecule has 0 unspecified atom stereocenters. The molecular weight excluding hydrogens is 194 g/mol. The minimum Gasteiger partial charge on any atom is -0.481 e. The van der Waals surface area contributed by atoms with E-state index in [1.165, 1.54) is 0 Å². The first-order valence-electron chi connectivity index (χ1n) is 4.64. The van der Waals surface area contributed by atoms with Crippen LogP contribution in [0.2, 0.25) is 0 Å². The van der Waals surface area contributed by atoms with E-state index in [0.717, 1.165) is 16.8 Å². The molecule has 0 radical (unpaired) electrons. The van der Waals surface area contributed by atoms with Crippen molar-refractivity contribution >= 4 is 5.97 Å². The quantitative estimate of drug-likeness (QED) is 0.706. The Balaban J connectivity index is 2.19. The zero-order valence-electron chi connectivity index (χ0n) is 8.03. The summed E-state index contributed by atoms with van der Waals surface area (Å²) in [6.07, 6.45) is 5.97. The molecule has 78 valence electrons. The number of carboxylic acids is 1. The second-order valence-corrected chi connectivity index (χ2v) is 3.26. The number of aliphatic carboxylic acids is 1. The minimum absolute atomic E-state index is 0.111. The van der Waals surface area contributed by atoms with Crippen LogP contribution >= 0.6 is 0 Å². The van der Waals surface area contributed by atoms with E-state index in [1.54, 1.807) is 6.20 Å². The maximum atomic E-state index is 10.5. The fourth-order valence-electron chi connectivity index (χ4n) is 1.48. The lowest BCUT2D eigenvalue weighted by Crippen LogP contribution is -1.98. The lowest BCUT2D eigenvalue weighted by atomic mass is 10.1. The molecule has 3 N–H and O–H groups in total. The molecule has 0 fully saturated rings. The molecule has 5 heteroatoms. The van der Waals surface area contributed by atoms with E-state index >= 15 is 0 Å². The van der Waals surface area contributed by atoms with Gasteiger partial charge in [0.1, 0.15) is 0 Å². The number of nitrogens with one attached hydrogen (secondary N) is 2. The lowest BCUT2D eigenvalue weighted by molar-refractivity contribution is -0.136. The largest absolute Gasteiger partial charge is 0.481 e. The Morgan fingerprint density at radius 2 is 2.40 bits per heavy atom. The van der Waals surface area contributed by atoms with E-state index in [9.17, 15) is 4.79 Å². The third kappa shape index (κ3) is 2.07. The molecule has 0 aliphatic heterocycles. The molecule has 0 amide bonds. The molecular formula is C10H11N3O2. The average Bonchev–Trinajstić information content (AvgIpc) is 2.85. The van der Waals surface area contributed by atoms with Crippen molar-refractivity contribution in [2.24, 2.45) is 0 Å². The molecule has 0 atom stereocenters. The highest BCUT2D eigenvalue weighted by atomic mass is 16.4. The number of nitrogens with zero attached hydrogens (tertiary/aromatic N) is 1. The maximum Gasteiger partial charge on any atom is 0.303 e. The molecule has 2 rings (SSSR count). The molecule has 2 heterocycles. The number of aromatic amines is 2. The standard InChI is InChI=1S/C10H11N3O2/c14-10(15)2-1-9-8(6-12-13-9)7-3-4-11-5-7/h3-6,11H,1-2H2,(H,12,13)(H,14,15). The molecule has 5 nitrogen and oxygen atoms in total. The van der Waals surface area contributed by atoms with Crippen molar-refractivity contribution in [1.29, 1.82) is 0 Å². The van der Waals surface area contributed by atoms with Crippen LogP contribution in [-0.4, -0.2) is 26.3 Å². The van der Waals surface area contributed by atoms with Crippen LogP contribution in [0.4, 0.5) is 0 Å². The van der Waals surface area contributed by atoms with Crippen LogP contribution in [0.3, 0.4) is 0 Å². The molecule has 0 saturated heterocycles. The van der Waals surface area contributed by atoms with Gasteiger partial charge in [-0.1, -0.05) is 0 Å². The molecule has 0 aromatic carbocycles. The van der Waals surface area contributed by atoms with E-state index in [2.05, 4.69) is 15.2 Å². The fraction of sp³-hybridized carbons (Fsp3) is 0.200. The van der Waals surface area contributed by atoms with Crippen molar-refractivity contribution in [2.75, 3.05) is 0 Å². The summed E-state index contributed by atoms with van der Waals surface area (Å²) in [4.78, 5) is 13.4. The zero-order chi connectivity index (χ0) is 10.7. The summed E-state index contributed by atoms with van der Waals surface area (Å²) < 4.78 is 0. The molecule has 0 aliphatic carbocycles. The number of hydrogen-bond acceptors (Lipinski definition) is 2. The Morgan fingerprint density at radius 3 is 3.07 bits per heavy atom. The summed E-state index contributed by atoms with van der Waals surface area (Å²) in [7, 11) is 0. The van der Waals surface area contributed by atoms with Gasteiger partial charge in [0.25, 0.3) is 0 Å². The van der Waals surface area contributed by atoms with Crippen LogP contribution in [0.1, 0.15) is 12.1 Å². The third-order valence-corrected chi connectivity index (χ3v) is 2.22. The SMILES string of the molecule is O=C(O)CCc1[nH]ncc1-c1cc[nH]c1. The van der Waals surface area contributed by atoms with Gasteiger partial charge in [0.05, 0.1) is 12.6 Å². The van der Waals surface area contributed by atoms with Gasteiger partial charge < -0.3 is 10.1 Å². The van der Waals surface area contributed by atoms with Gasteiger partial charge in [-0.3, -0.25) is 9.89 Å². The summed E-state index contributed by atoms with van der Waals surface area (Å²) in [5.74, 6) is -0.801. The van der Waals surface area contributed by atoms with Gasteiger partial charge >= 0.3 is 5.97 Å². The molecule has 0 aliphatic rings. The maximum absolute atomic E-state index is 10.5. The highest BCUT2D eigenvalue weighted by Crippen LogP contribution is 2.21. The first kappa shape index (κ1) is 9.51. The van der Waals surface area contributed by atoms with Gasteiger partial charge in [0, 0.05) is 35.6 Å². The van der Waals surface area contributed by atoms with Crippen molar-refractivity contribution < 1.29 is 9.90 Å². The highest BCUT2D eigenvalue weighted by Gasteiger charge is 2.09. The van der Waals surface area contributed by atoms with E-state index in [1.807, 2.05) is 18.5 Å². The number of aromatic nitrogens is 3. The normalized spacial score (nSPS) is 10.4. The average molecular weight is 205 g/mol. The van der Waals surface area contributed by atoms with Crippen molar-refractivity contribution in [2.45, 2.75) is 12.8 Å². The first-order chi connectivity index (χ1) is 7.27.